The Labute approximate surface area is 118 Å². The molecule has 0 radical (unpaired) electrons. The fraction of sp³-hybridized carbons (Fsp3) is 0.400. The van der Waals surface area contributed by atoms with Crippen LogP contribution in [-0.4, -0.2) is 36.1 Å². The Kier molecular flexibility index (Phi) is 3.80. The molecule has 0 spiro atoms. The fourth-order valence-corrected chi connectivity index (χ4v) is 3.08. The average molecular weight is 273 g/mol. The van der Waals surface area contributed by atoms with Crippen molar-refractivity contribution in [2.45, 2.75) is 13.5 Å². The van der Waals surface area contributed by atoms with Crippen LogP contribution in [-0.2, 0) is 6.54 Å². The van der Waals surface area contributed by atoms with Crippen molar-refractivity contribution in [3.05, 3.63) is 46.4 Å². The number of aryl methyl sites for hydroxylation is 1. The minimum atomic E-state index is 0.991. The lowest BCUT2D eigenvalue weighted by molar-refractivity contribution is 0.247. The van der Waals surface area contributed by atoms with Gasteiger partial charge in [0.05, 0.1) is 11.2 Å². The van der Waals surface area contributed by atoms with E-state index in [2.05, 4.69) is 51.4 Å². The topological polar surface area (TPSA) is 19.4 Å². The number of thiazole rings is 1. The average Bonchev–Trinajstić information content (AvgIpc) is 2.92. The highest BCUT2D eigenvalue weighted by atomic mass is 32.1. The Morgan fingerprint density at radius 2 is 2.05 bits per heavy atom. The van der Waals surface area contributed by atoms with E-state index in [1.165, 1.54) is 16.9 Å². The molecule has 0 amide bonds. The number of aromatic nitrogens is 1. The molecule has 0 saturated carbocycles. The molecule has 2 aromatic rings. The molecule has 1 aliphatic heterocycles. The first-order chi connectivity index (χ1) is 9.31. The van der Waals surface area contributed by atoms with Crippen LogP contribution in [0.3, 0.4) is 0 Å². The van der Waals surface area contributed by atoms with Gasteiger partial charge in [-0.15, -0.1) is 11.3 Å². The molecule has 0 N–H and O–H groups in total. The van der Waals surface area contributed by atoms with Crippen molar-refractivity contribution in [1.29, 1.82) is 0 Å². The van der Waals surface area contributed by atoms with E-state index in [1.807, 2.05) is 5.51 Å². The molecular formula is C15H19N3S. The van der Waals surface area contributed by atoms with Gasteiger partial charge in [0, 0.05) is 43.8 Å². The van der Waals surface area contributed by atoms with Gasteiger partial charge in [-0.05, 0) is 24.6 Å². The standard InChI is InChI=1S/C15H19N3S/c1-13-3-2-4-15(9-13)18-7-5-17(6-8-18)10-14-11-19-12-16-14/h2-4,9,11-12H,5-8,10H2,1H3. The molecule has 1 aromatic heterocycles. The maximum absolute atomic E-state index is 4.36. The zero-order chi connectivity index (χ0) is 13.1. The summed E-state index contributed by atoms with van der Waals surface area (Å²) in [5, 5.41) is 2.15. The van der Waals surface area contributed by atoms with Gasteiger partial charge >= 0.3 is 0 Å². The van der Waals surface area contributed by atoms with E-state index >= 15 is 0 Å². The predicted molar refractivity (Wildman–Crippen MR) is 80.8 cm³/mol. The lowest BCUT2D eigenvalue weighted by atomic mass is 10.2. The minimum absolute atomic E-state index is 0.991. The van der Waals surface area contributed by atoms with Gasteiger partial charge in [0.1, 0.15) is 0 Å². The lowest BCUT2D eigenvalue weighted by Crippen LogP contribution is -2.46. The van der Waals surface area contributed by atoms with Crippen LogP contribution in [0, 0.1) is 6.92 Å². The Morgan fingerprint density at radius 1 is 1.21 bits per heavy atom. The third-order valence-electron chi connectivity index (χ3n) is 3.61. The molecule has 1 saturated heterocycles. The minimum Gasteiger partial charge on any atom is -0.369 e. The summed E-state index contributed by atoms with van der Waals surface area (Å²) >= 11 is 1.68. The molecule has 100 valence electrons. The summed E-state index contributed by atoms with van der Waals surface area (Å²) in [6.07, 6.45) is 0. The number of anilines is 1. The first-order valence-electron chi connectivity index (χ1n) is 6.72. The summed E-state index contributed by atoms with van der Waals surface area (Å²) in [5.41, 5.74) is 5.81. The number of benzene rings is 1. The van der Waals surface area contributed by atoms with Gasteiger partial charge in [0.25, 0.3) is 0 Å². The summed E-state index contributed by atoms with van der Waals surface area (Å²) < 4.78 is 0. The Balaban J connectivity index is 1.57. The number of hydrogen-bond acceptors (Lipinski definition) is 4. The third kappa shape index (κ3) is 3.14. The molecule has 2 heterocycles. The number of rotatable bonds is 3. The summed E-state index contributed by atoms with van der Waals surface area (Å²) in [4.78, 5) is 9.33. The molecule has 0 bridgehead atoms. The summed E-state index contributed by atoms with van der Waals surface area (Å²) in [6, 6.07) is 8.79. The van der Waals surface area contributed by atoms with E-state index in [0.29, 0.717) is 0 Å². The number of hydrogen-bond donors (Lipinski definition) is 0. The van der Waals surface area contributed by atoms with Crippen molar-refractivity contribution in [3.8, 4) is 0 Å². The van der Waals surface area contributed by atoms with Gasteiger partial charge in [-0.3, -0.25) is 4.90 Å². The molecular weight excluding hydrogens is 254 g/mol. The molecule has 0 aliphatic carbocycles. The second-order valence-electron chi connectivity index (χ2n) is 5.08. The molecule has 0 atom stereocenters. The summed E-state index contributed by atoms with van der Waals surface area (Å²) in [5.74, 6) is 0. The van der Waals surface area contributed by atoms with E-state index in [4.69, 9.17) is 0 Å². The van der Waals surface area contributed by atoms with Crippen molar-refractivity contribution < 1.29 is 0 Å². The van der Waals surface area contributed by atoms with Gasteiger partial charge in [-0.2, -0.15) is 0 Å². The number of nitrogens with zero attached hydrogens (tertiary/aromatic N) is 3. The first-order valence-corrected chi connectivity index (χ1v) is 7.66. The molecule has 1 aromatic carbocycles. The van der Waals surface area contributed by atoms with Crippen LogP contribution in [0.25, 0.3) is 0 Å². The van der Waals surface area contributed by atoms with Crippen LogP contribution < -0.4 is 4.90 Å². The third-order valence-corrected chi connectivity index (χ3v) is 4.24. The van der Waals surface area contributed by atoms with Crippen molar-refractivity contribution in [2.75, 3.05) is 31.1 Å². The molecule has 3 rings (SSSR count). The fourth-order valence-electron chi connectivity index (χ4n) is 2.53. The zero-order valence-electron chi connectivity index (χ0n) is 11.2. The summed E-state index contributed by atoms with van der Waals surface area (Å²) in [7, 11) is 0. The van der Waals surface area contributed by atoms with Crippen molar-refractivity contribution in [3.63, 3.8) is 0 Å². The lowest BCUT2D eigenvalue weighted by Gasteiger charge is -2.35. The van der Waals surface area contributed by atoms with Crippen molar-refractivity contribution in [1.82, 2.24) is 9.88 Å². The second kappa shape index (κ2) is 5.72. The van der Waals surface area contributed by atoms with Crippen LogP contribution in [0.1, 0.15) is 11.3 Å². The summed E-state index contributed by atoms with van der Waals surface area (Å²) in [6.45, 7) is 7.59. The predicted octanol–water partition coefficient (Wildman–Crippen LogP) is 2.77. The monoisotopic (exact) mass is 273 g/mol. The van der Waals surface area contributed by atoms with Gasteiger partial charge in [0.15, 0.2) is 0 Å². The Bertz CT molecular complexity index is 516. The van der Waals surface area contributed by atoms with Gasteiger partial charge < -0.3 is 4.90 Å². The highest BCUT2D eigenvalue weighted by molar-refractivity contribution is 7.07. The Hall–Kier alpha value is -1.39. The van der Waals surface area contributed by atoms with E-state index < -0.39 is 0 Å². The molecule has 4 heteroatoms. The molecule has 1 aliphatic rings. The molecule has 3 nitrogen and oxygen atoms in total. The van der Waals surface area contributed by atoms with Crippen LogP contribution in [0.5, 0.6) is 0 Å². The highest BCUT2D eigenvalue weighted by Gasteiger charge is 2.17. The number of piperazine rings is 1. The van der Waals surface area contributed by atoms with Crippen LogP contribution >= 0.6 is 11.3 Å². The Morgan fingerprint density at radius 3 is 2.74 bits per heavy atom. The van der Waals surface area contributed by atoms with Crippen molar-refractivity contribution >= 4 is 17.0 Å². The van der Waals surface area contributed by atoms with E-state index in [0.717, 1.165) is 32.7 Å². The maximum Gasteiger partial charge on any atom is 0.0795 e. The largest absolute Gasteiger partial charge is 0.369 e. The van der Waals surface area contributed by atoms with Gasteiger partial charge in [-0.25, -0.2) is 4.98 Å². The molecule has 19 heavy (non-hydrogen) atoms. The van der Waals surface area contributed by atoms with Crippen molar-refractivity contribution in [2.24, 2.45) is 0 Å². The van der Waals surface area contributed by atoms with E-state index in [1.54, 1.807) is 11.3 Å². The zero-order valence-corrected chi connectivity index (χ0v) is 12.1. The first kappa shape index (κ1) is 12.6. The van der Waals surface area contributed by atoms with Crippen LogP contribution in [0.4, 0.5) is 5.69 Å². The van der Waals surface area contributed by atoms with Gasteiger partial charge in [0.2, 0.25) is 0 Å². The highest BCUT2D eigenvalue weighted by Crippen LogP contribution is 2.18. The normalized spacial score (nSPS) is 16.8. The molecule has 0 unspecified atom stereocenters. The maximum atomic E-state index is 4.36. The van der Waals surface area contributed by atoms with Crippen LogP contribution in [0.15, 0.2) is 35.2 Å². The van der Waals surface area contributed by atoms with E-state index in [-0.39, 0.29) is 0 Å². The smallest absolute Gasteiger partial charge is 0.0795 e. The van der Waals surface area contributed by atoms with Gasteiger partial charge in [-0.1, -0.05) is 12.1 Å². The van der Waals surface area contributed by atoms with E-state index in [9.17, 15) is 0 Å². The molecule has 1 fully saturated rings. The van der Waals surface area contributed by atoms with Crippen LogP contribution in [0.2, 0.25) is 0 Å². The quantitative estimate of drug-likeness (QED) is 0.857. The second-order valence-corrected chi connectivity index (χ2v) is 5.80. The SMILES string of the molecule is Cc1cccc(N2CCN(Cc3cscn3)CC2)c1.